The SMILES string of the molecule is O=C([O-])c1cccc2c1cnn2Cc1cc(F)ccc1OCc1ccccc1F.[Na+]. The first-order valence-corrected chi connectivity index (χ1v) is 8.83. The second kappa shape index (κ2) is 9.38. The van der Waals surface area contributed by atoms with Gasteiger partial charge in [-0.3, -0.25) is 4.68 Å². The summed E-state index contributed by atoms with van der Waals surface area (Å²) >= 11 is 0. The van der Waals surface area contributed by atoms with E-state index < -0.39 is 11.8 Å². The smallest absolute Gasteiger partial charge is 0.545 e. The summed E-state index contributed by atoms with van der Waals surface area (Å²) in [5.74, 6) is -1.75. The van der Waals surface area contributed by atoms with E-state index in [-0.39, 0.29) is 54.1 Å². The number of aromatic carboxylic acids is 1. The monoisotopic (exact) mass is 416 g/mol. The van der Waals surface area contributed by atoms with E-state index in [0.717, 1.165) is 0 Å². The number of hydrogen-bond acceptors (Lipinski definition) is 4. The van der Waals surface area contributed by atoms with Crippen LogP contribution in [0.2, 0.25) is 0 Å². The first kappa shape index (κ1) is 22.0. The van der Waals surface area contributed by atoms with E-state index in [2.05, 4.69) is 5.10 Å². The molecule has 1 heterocycles. The van der Waals surface area contributed by atoms with E-state index in [1.54, 1.807) is 35.0 Å². The van der Waals surface area contributed by atoms with Crippen molar-refractivity contribution in [2.75, 3.05) is 0 Å². The second-order valence-corrected chi connectivity index (χ2v) is 6.46. The Morgan fingerprint density at radius 1 is 1.03 bits per heavy atom. The molecule has 30 heavy (non-hydrogen) atoms. The Bertz CT molecular complexity index is 1210. The number of fused-ring (bicyclic) bond motifs is 1. The van der Waals surface area contributed by atoms with Crippen molar-refractivity contribution in [3.05, 3.63) is 95.2 Å². The summed E-state index contributed by atoms with van der Waals surface area (Å²) in [5.41, 5.74) is 1.47. The summed E-state index contributed by atoms with van der Waals surface area (Å²) in [6.45, 7) is 0.129. The number of carboxylic acids is 1. The van der Waals surface area contributed by atoms with Crippen molar-refractivity contribution in [2.24, 2.45) is 0 Å². The Kier molecular flexibility index (Phi) is 6.87. The number of carbonyl (C=O) groups is 1. The number of aromatic nitrogens is 2. The summed E-state index contributed by atoms with van der Waals surface area (Å²) in [4.78, 5) is 11.3. The van der Waals surface area contributed by atoms with Gasteiger partial charge in [0.1, 0.15) is 24.0 Å². The van der Waals surface area contributed by atoms with Gasteiger partial charge in [-0.25, -0.2) is 8.78 Å². The van der Waals surface area contributed by atoms with Crippen LogP contribution in [0.4, 0.5) is 8.78 Å². The zero-order valence-corrected chi connectivity index (χ0v) is 18.1. The molecule has 0 bridgehead atoms. The predicted molar refractivity (Wildman–Crippen MR) is 100 cm³/mol. The fraction of sp³-hybridized carbons (Fsp3) is 0.0909. The molecule has 0 aliphatic heterocycles. The van der Waals surface area contributed by atoms with Gasteiger partial charge in [-0.05, 0) is 30.3 Å². The van der Waals surface area contributed by atoms with Crippen LogP contribution in [0.3, 0.4) is 0 Å². The van der Waals surface area contributed by atoms with E-state index in [1.165, 1.54) is 36.5 Å². The quantitative estimate of drug-likeness (QED) is 0.425. The number of nitrogens with zero attached hydrogens (tertiary/aromatic N) is 2. The molecule has 0 saturated carbocycles. The number of halogens is 2. The third kappa shape index (κ3) is 4.53. The molecule has 0 aliphatic carbocycles. The Balaban J connectivity index is 0.00000256. The van der Waals surface area contributed by atoms with E-state index >= 15 is 0 Å². The zero-order valence-electron chi connectivity index (χ0n) is 16.1. The molecule has 3 aromatic carbocycles. The zero-order chi connectivity index (χ0) is 20.4. The second-order valence-electron chi connectivity index (χ2n) is 6.46. The molecule has 1 aromatic heterocycles. The number of carboxylic acid groups (broad SMARTS) is 1. The summed E-state index contributed by atoms with van der Waals surface area (Å²) < 4.78 is 35.0. The molecule has 0 radical (unpaired) electrons. The van der Waals surface area contributed by atoms with Gasteiger partial charge in [0, 0.05) is 22.1 Å². The molecule has 146 valence electrons. The maximum atomic E-state index is 13.9. The molecular formula is C22H15F2N2NaO3. The molecule has 0 unspecified atom stereocenters. The average Bonchev–Trinajstić information content (AvgIpc) is 3.11. The normalized spacial score (nSPS) is 10.6. The molecule has 4 aromatic rings. The molecule has 0 N–H and O–H groups in total. The van der Waals surface area contributed by atoms with Crippen molar-refractivity contribution in [1.29, 1.82) is 0 Å². The van der Waals surface area contributed by atoms with Gasteiger partial charge in [0.25, 0.3) is 0 Å². The molecule has 0 amide bonds. The van der Waals surface area contributed by atoms with E-state index in [9.17, 15) is 18.7 Å². The Morgan fingerprint density at radius 2 is 1.83 bits per heavy atom. The van der Waals surface area contributed by atoms with Crippen LogP contribution >= 0.6 is 0 Å². The fourth-order valence-electron chi connectivity index (χ4n) is 3.15. The average molecular weight is 416 g/mol. The van der Waals surface area contributed by atoms with Crippen molar-refractivity contribution in [1.82, 2.24) is 9.78 Å². The van der Waals surface area contributed by atoms with Crippen molar-refractivity contribution in [3.63, 3.8) is 0 Å². The summed E-state index contributed by atoms with van der Waals surface area (Å²) in [6.07, 6.45) is 1.43. The Labute approximate surface area is 193 Å². The van der Waals surface area contributed by atoms with E-state index in [1.807, 2.05) is 0 Å². The number of benzene rings is 3. The topological polar surface area (TPSA) is 67.2 Å². The molecule has 5 nitrogen and oxygen atoms in total. The maximum absolute atomic E-state index is 13.9. The molecule has 0 saturated heterocycles. The van der Waals surface area contributed by atoms with Crippen LogP contribution in [-0.4, -0.2) is 15.7 Å². The minimum Gasteiger partial charge on any atom is -0.545 e. The first-order valence-electron chi connectivity index (χ1n) is 8.83. The van der Waals surface area contributed by atoms with Gasteiger partial charge in [0.05, 0.1) is 24.2 Å². The fourth-order valence-corrected chi connectivity index (χ4v) is 3.15. The largest absolute Gasteiger partial charge is 1.00 e. The van der Waals surface area contributed by atoms with Gasteiger partial charge in [-0.2, -0.15) is 5.10 Å². The van der Waals surface area contributed by atoms with Gasteiger partial charge in [-0.15, -0.1) is 0 Å². The number of hydrogen-bond donors (Lipinski definition) is 0. The molecule has 0 fully saturated rings. The van der Waals surface area contributed by atoms with Crippen LogP contribution in [0, 0.1) is 11.6 Å². The van der Waals surface area contributed by atoms with E-state index in [0.29, 0.717) is 27.8 Å². The van der Waals surface area contributed by atoms with E-state index in [4.69, 9.17) is 4.74 Å². The van der Waals surface area contributed by atoms with Crippen molar-refractivity contribution < 1.29 is 53.0 Å². The molecular weight excluding hydrogens is 401 g/mol. The Hall–Kier alpha value is -2.74. The summed E-state index contributed by atoms with van der Waals surface area (Å²) in [6, 6.07) is 15.0. The Morgan fingerprint density at radius 3 is 2.60 bits per heavy atom. The van der Waals surface area contributed by atoms with Crippen LogP contribution in [0.25, 0.3) is 10.9 Å². The number of carbonyl (C=O) groups excluding carboxylic acids is 1. The summed E-state index contributed by atoms with van der Waals surface area (Å²) in [7, 11) is 0. The van der Waals surface area contributed by atoms with Gasteiger partial charge in [-0.1, -0.05) is 30.3 Å². The number of ether oxygens (including phenoxy) is 1. The summed E-state index contributed by atoms with van der Waals surface area (Å²) in [5, 5.41) is 15.9. The molecule has 4 rings (SSSR count). The van der Waals surface area contributed by atoms with Crippen LogP contribution in [0.5, 0.6) is 5.75 Å². The van der Waals surface area contributed by atoms with Crippen LogP contribution in [0.15, 0.2) is 66.9 Å². The van der Waals surface area contributed by atoms with Crippen LogP contribution in [-0.2, 0) is 13.2 Å². The molecule has 8 heteroatoms. The van der Waals surface area contributed by atoms with Crippen molar-refractivity contribution >= 4 is 16.9 Å². The van der Waals surface area contributed by atoms with Gasteiger partial charge in [0.2, 0.25) is 0 Å². The minimum atomic E-state index is -1.30. The van der Waals surface area contributed by atoms with Crippen LogP contribution < -0.4 is 39.4 Å². The predicted octanol–water partition coefficient (Wildman–Crippen LogP) is 0.309. The first-order chi connectivity index (χ1) is 14.0. The molecule has 0 spiro atoms. The minimum absolute atomic E-state index is 0. The third-order valence-electron chi connectivity index (χ3n) is 4.59. The van der Waals surface area contributed by atoms with Crippen LogP contribution in [0.1, 0.15) is 21.5 Å². The van der Waals surface area contributed by atoms with Crippen molar-refractivity contribution in [2.45, 2.75) is 13.2 Å². The number of rotatable bonds is 6. The van der Waals surface area contributed by atoms with Gasteiger partial charge in [0.15, 0.2) is 0 Å². The van der Waals surface area contributed by atoms with Gasteiger partial charge >= 0.3 is 29.6 Å². The van der Waals surface area contributed by atoms with Gasteiger partial charge < -0.3 is 14.6 Å². The maximum Gasteiger partial charge on any atom is 1.00 e. The standard InChI is InChI=1S/C22H16F2N2O3.Na/c23-16-8-9-21(29-13-14-4-1-2-6-19(14)24)15(10-16)12-26-20-7-3-5-17(22(27)28)18(20)11-25-26;/h1-11H,12-13H2,(H,27,28);/q;+1/p-1. The molecule has 0 aliphatic rings. The van der Waals surface area contributed by atoms with Crippen molar-refractivity contribution in [3.8, 4) is 5.75 Å². The molecule has 0 atom stereocenters. The third-order valence-corrected chi connectivity index (χ3v) is 4.59.